The van der Waals surface area contributed by atoms with Gasteiger partial charge in [-0.1, -0.05) is 19.1 Å². The SMILES string of the molecule is CCc1cccc2c1C(=O)N1CCC[C@H]1c1c(C(=O)O)ncn1-2. The van der Waals surface area contributed by atoms with Crippen LogP contribution in [0.5, 0.6) is 0 Å². The lowest BCUT2D eigenvalue weighted by Crippen LogP contribution is -2.30. The Balaban J connectivity index is 2.06. The highest BCUT2D eigenvalue weighted by atomic mass is 16.4. The topological polar surface area (TPSA) is 75.4 Å². The van der Waals surface area contributed by atoms with Crippen molar-refractivity contribution < 1.29 is 14.7 Å². The van der Waals surface area contributed by atoms with Crippen LogP contribution in [0.15, 0.2) is 24.5 Å². The Hall–Kier alpha value is -2.63. The summed E-state index contributed by atoms with van der Waals surface area (Å²) in [5.74, 6) is -1.05. The quantitative estimate of drug-likeness (QED) is 0.924. The van der Waals surface area contributed by atoms with Crippen molar-refractivity contribution in [2.45, 2.75) is 32.2 Å². The van der Waals surface area contributed by atoms with Gasteiger partial charge in [0, 0.05) is 6.54 Å². The lowest BCUT2D eigenvalue weighted by Gasteiger charge is -2.23. The third-order valence-electron chi connectivity index (χ3n) is 4.82. The molecule has 0 saturated carbocycles. The van der Waals surface area contributed by atoms with Gasteiger partial charge in [0.05, 0.1) is 23.0 Å². The van der Waals surface area contributed by atoms with Crippen LogP contribution in [-0.2, 0) is 6.42 Å². The molecule has 6 heteroatoms. The first-order valence-electron chi connectivity index (χ1n) is 7.87. The number of carbonyl (C=O) groups is 2. The van der Waals surface area contributed by atoms with E-state index in [4.69, 9.17) is 0 Å². The van der Waals surface area contributed by atoms with E-state index in [1.54, 1.807) is 4.57 Å². The number of aryl methyl sites for hydroxylation is 1. The molecule has 1 fully saturated rings. The third-order valence-corrected chi connectivity index (χ3v) is 4.82. The van der Waals surface area contributed by atoms with E-state index in [0.29, 0.717) is 17.8 Å². The Bertz CT molecular complexity index is 824. The van der Waals surface area contributed by atoms with E-state index in [0.717, 1.165) is 30.5 Å². The van der Waals surface area contributed by atoms with Crippen LogP contribution in [0.25, 0.3) is 5.69 Å². The van der Waals surface area contributed by atoms with Gasteiger partial charge in [-0.15, -0.1) is 0 Å². The van der Waals surface area contributed by atoms with E-state index in [-0.39, 0.29) is 17.6 Å². The van der Waals surface area contributed by atoms with Gasteiger partial charge in [0.2, 0.25) is 0 Å². The predicted molar refractivity (Wildman–Crippen MR) is 82.9 cm³/mol. The number of aromatic nitrogens is 2. The van der Waals surface area contributed by atoms with Crippen LogP contribution >= 0.6 is 0 Å². The van der Waals surface area contributed by atoms with Gasteiger partial charge in [-0.25, -0.2) is 9.78 Å². The highest BCUT2D eigenvalue weighted by molar-refractivity contribution is 6.01. The maximum Gasteiger partial charge on any atom is 0.356 e. The molecule has 0 spiro atoms. The average molecular weight is 311 g/mol. The number of carboxylic acids is 1. The maximum absolute atomic E-state index is 13.1. The van der Waals surface area contributed by atoms with Crippen molar-refractivity contribution in [3.63, 3.8) is 0 Å². The molecule has 1 aromatic heterocycles. The smallest absolute Gasteiger partial charge is 0.356 e. The zero-order valence-electron chi connectivity index (χ0n) is 12.8. The van der Waals surface area contributed by atoms with E-state index in [1.807, 2.05) is 30.0 Å². The van der Waals surface area contributed by atoms with Crippen molar-refractivity contribution in [2.75, 3.05) is 6.54 Å². The van der Waals surface area contributed by atoms with Gasteiger partial charge in [-0.2, -0.15) is 0 Å². The number of benzene rings is 1. The summed E-state index contributed by atoms with van der Waals surface area (Å²) in [5.41, 5.74) is 3.06. The number of carboxylic acid groups (broad SMARTS) is 1. The van der Waals surface area contributed by atoms with Crippen LogP contribution in [0, 0.1) is 0 Å². The Kier molecular flexibility index (Phi) is 3.01. The summed E-state index contributed by atoms with van der Waals surface area (Å²) in [4.78, 5) is 30.6. The Morgan fingerprint density at radius 3 is 3.00 bits per heavy atom. The molecule has 1 saturated heterocycles. The second kappa shape index (κ2) is 4.94. The first-order chi connectivity index (χ1) is 11.1. The molecule has 0 aliphatic carbocycles. The molecule has 1 aromatic carbocycles. The van der Waals surface area contributed by atoms with Gasteiger partial charge >= 0.3 is 5.97 Å². The third kappa shape index (κ3) is 1.84. The molecule has 4 rings (SSSR count). The molecule has 0 bridgehead atoms. The molecule has 118 valence electrons. The fraction of sp³-hybridized carbons (Fsp3) is 0.353. The van der Waals surface area contributed by atoms with Gasteiger partial charge < -0.3 is 10.0 Å². The number of aromatic carboxylic acids is 1. The van der Waals surface area contributed by atoms with Crippen LogP contribution in [0.2, 0.25) is 0 Å². The molecule has 1 atom stereocenters. The van der Waals surface area contributed by atoms with Crippen molar-refractivity contribution >= 4 is 11.9 Å². The minimum Gasteiger partial charge on any atom is -0.476 e. The molecule has 3 heterocycles. The fourth-order valence-electron chi connectivity index (χ4n) is 3.80. The molecule has 6 nitrogen and oxygen atoms in total. The molecular weight excluding hydrogens is 294 g/mol. The number of hydrogen-bond donors (Lipinski definition) is 1. The van der Waals surface area contributed by atoms with Crippen LogP contribution in [0.3, 0.4) is 0 Å². The van der Waals surface area contributed by atoms with Crippen LogP contribution in [0.1, 0.15) is 57.9 Å². The summed E-state index contributed by atoms with van der Waals surface area (Å²) in [6, 6.07) is 5.52. The molecule has 1 N–H and O–H groups in total. The summed E-state index contributed by atoms with van der Waals surface area (Å²) in [6.07, 6.45) is 3.94. The summed E-state index contributed by atoms with van der Waals surface area (Å²) < 4.78 is 1.80. The Morgan fingerprint density at radius 2 is 2.26 bits per heavy atom. The zero-order valence-corrected chi connectivity index (χ0v) is 12.8. The number of amides is 1. The molecule has 2 aromatic rings. The largest absolute Gasteiger partial charge is 0.476 e. The number of fused-ring (bicyclic) bond motifs is 5. The molecule has 2 aliphatic rings. The Morgan fingerprint density at radius 1 is 1.43 bits per heavy atom. The summed E-state index contributed by atoms with van der Waals surface area (Å²) in [7, 11) is 0. The highest BCUT2D eigenvalue weighted by Crippen LogP contribution is 2.40. The zero-order chi connectivity index (χ0) is 16.1. The van der Waals surface area contributed by atoms with Crippen molar-refractivity contribution in [1.82, 2.24) is 14.5 Å². The number of nitrogens with zero attached hydrogens (tertiary/aromatic N) is 3. The second-order valence-corrected chi connectivity index (χ2v) is 5.97. The molecule has 23 heavy (non-hydrogen) atoms. The summed E-state index contributed by atoms with van der Waals surface area (Å²) in [5, 5.41) is 9.48. The van der Waals surface area contributed by atoms with E-state index >= 15 is 0 Å². The van der Waals surface area contributed by atoms with Crippen LogP contribution in [-0.4, -0.2) is 38.0 Å². The van der Waals surface area contributed by atoms with Crippen molar-refractivity contribution in [1.29, 1.82) is 0 Å². The molecule has 1 amide bonds. The Labute approximate surface area is 133 Å². The average Bonchev–Trinajstić information content (AvgIpc) is 3.17. The molecule has 0 radical (unpaired) electrons. The lowest BCUT2D eigenvalue weighted by atomic mass is 10.0. The minimum atomic E-state index is -1.05. The van der Waals surface area contributed by atoms with Gasteiger partial charge in [0.15, 0.2) is 5.69 Å². The monoisotopic (exact) mass is 311 g/mol. The van der Waals surface area contributed by atoms with Gasteiger partial charge in [-0.3, -0.25) is 9.36 Å². The number of imidazole rings is 1. The first kappa shape index (κ1) is 14.0. The normalized spacial score (nSPS) is 19.1. The summed E-state index contributed by atoms with van der Waals surface area (Å²) in [6.45, 7) is 2.68. The van der Waals surface area contributed by atoms with Crippen molar-refractivity contribution in [2.24, 2.45) is 0 Å². The van der Waals surface area contributed by atoms with Crippen LogP contribution in [0.4, 0.5) is 0 Å². The van der Waals surface area contributed by atoms with Gasteiger partial charge in [0.1, 0.15) is 6.33 Å². The number of carbonyl (C=O) groups excluding carboxylic acids is 1. The summed E-state index contributed by atoms with van der Waals surface area (Å²) >= 11 is 0. The first-order valence-corrected chi connectivity index (χ1v) is 7.87. The molecule has 0 unspecified atom stereocenters. The van der Waals surface area contributed by atoms with Crippen molar-refractivity contribution in [3.05, 3.63) is 47.0 Å². The maximum atomic E-state index is 13.1. The van der Waals surface area contributed by atoms with E-state index in [9.17, 15) is 14.7 Å². The number of hydrogen-bond acceptors (Lipinski definition) is 3. The predicted octanol–water partition coefficient (Wildman–Crippen LogP) is 2.42. The van der Waals surface area contributed by atoms with Crippen LogP contribution < -0.4 is 0 Å². The second-order valence-electron chi connectivity index (χ2n) is 5.97. The standard InChI is InChI=1S/C17H17N3O3/c1-2-10-5-3-6-11-13(10)16(21)19-8-4-7-12(19)15-14(17(22)23)18-9-20(11)15/h3,5-6,9,12H,2,4,7-8H2,1H3,(H,22,23)/t12-/m0/s1. The minimum absolute atomic E-state index is 0.0000104. The highest BCUT2D eigenvalue weighted by Gasteiger charge is 2.40. The van der Waals surface area contributed by atoms with Crippen molar-refractivity contribution in [3.8, 4) is 5.69 Å². The number of rotatable bonds is 2. The lowest BCUT2D eigenvalue weighted by molar-refractivity contribution is 0.0673. The van der Waals surface area contributed by atoms with E-state index < -0.39 is 5.97 Å². The van der Waals surface area contributed by atoms with Gasteiger partial charge in [0.25, 0.3) is 5.91 Å². The molecular formula is C17H17N3O3. The molecule has 2 aliphatic heterocycles. The van der Waals surface area contributed by atoms with E-state index in [1.165, 1.54) is 6.33 Å². The van der Waals surface area contributed by atoms with E-state index in [2.05, 4.69) is 4.98 Å². The fourth-order valence-corrected chi connectivity index (χ4v) is 3.80. The van der Waals surface area contributed by atoms with Gasteiger partial charge in [-0.05, 0) is 30.9 Å².